The minimum atomic E-state index is -1.45. The number of hydrogen-bond acceptors (Lipinski definition) is 7. The number of aliphatic carboxylic acids is 1. The Kier molecular flexibility index (Phi) is 9.48. The molecule has 0 aromatic heterocycles. The van der Waals surface area contributed by atoms with E-state index in [1.54, 1.807) is 4.90 Å². The molecule has 0 spiro atoms. The number of nitrogens with one attached hydrogen (secondary N) is 3. The minimum absolute atomic E-state index is 0.0161. The van der Waals surface area contributed by atoms with Crippen molar-refractivity contribution in [2.75, 3.05) is 26.3 Å². The topological polar surface area (TPSA) is 167 Å². The summed E-state index contributed by atoms with van der Waals surface area (Å²) in [5.74, 6) is -2.56. The quantitative estimate of drug-likeness (QED) is 0.364. The molecule has 248 valence electrons. The van der Waals surface area contributed by atoms with Gasteiger partial charge in [0.25, 0.3) is 0 Å². The van der Waals surface area contributed by atoms with E-state index >= 15 is 0 Å². The number of urea groups is 1. The molecule has 1 aromatic carbocycles. The third-order valence-electron chi connectivity index (χ3n) is 9.85. The van der Waals surface area contributed by atoms with Crippen LogP contribution < -0.4 is 16.0 Å². The molecule has 3 fully saturated rings. The van der Waals surface area contributed by atoms with Crippen LogP contribution >= 0.6 is 0 Å². The lowest BCUT2D eigenvalue weighted by Gasteiger charge is -2.30. The Morgan fingerprint density at radius 2 is 1.89 bits per heavy atom. The SMILES string of the molecule is O=C(NC1CCOC1)N[C@H]1CCCCCC=C[C@@H]2C[C@@]2(C(=O)O)NC(=O)[C@@H]2C[C@@H](OC(=O)N3CCc4ccccc4C3)CN2C1=O. The lowest BCUT2D eigenvalue weighted by atomic mass is 10.0. The Balaban J connectivity index is 1.20. The first kappa shape index (κ1) is 31.8. The third kappa shape index (κ3) is 6.98. The lowest BCUT2D eigenvalue weighted by Crippen LogP contribution is -2.57. The van der Waals surface area contributed by atoms with Crippen molar-refractivity contribution in [3.05, 3.63) is 47.5 Å². The Hall–Kier alpha value is -4.13. The number of allylic oxidation sites excluding steroid dienone is 1. The third-order valence-corrected chi connectivity index (χ3v) is 9.85. The average molecular weight is 638 g/mol. The summed E-state index contributed by atoms with van der Waals surface area (Å²) in [5.41, 5.74) is 0.784. The number of carbonyl (C=O) groups is 5. The number of benzene rings is 1. The number of carboxylic acid groups (broad SMARTS) is 1. The summed E-state index contributed by atoms with van der Waals surface area (Å²) in [5, 5.41) is 18.5. The van der Waals surface area contributed by atoms with Gasteiger partial charge in [0.2, 0.25) is 11.8 Å². The number of ether oxygens (including phenoxy) is 2. The van der Waals surface area contributed by atoms with Gasteiger partial charge in [-0.05, 0) is 49.7 Å². The van der Waals surface area contributed by atoms with E-state index in [0.29, 0.717) is 52.0 Å². The zero-order valence-electron chi connectivity index (χ0n) is 25.9. The molecular weight excluding hydrogens is 594 g/mol. The van der Waals surface area contributed by atoms with Crippen LogP contribution in [0.3, 0.4) is 0 Å². The Morgan fingerprint density at radius 3 is 2.67 bits per heavy atom. The van der Waals surface area contributed by atoms with E-state index in [9.17, 15) is 29.1 Å². The summed E-state index contributed by atoms with van der Waals surface area (Å²) in [6, 6.07) is 5.27. The van der Waals surface area contributed by atoms with Crippen LogP contribution in [0.5, 0.6) is 0 Å². The van der Waals surface area contributed by atoms with Gasteiger partial charge in [0.15, 0.2) is 0 Å². The van der Waals surface area contributed by atoms with E-state index in [1.807, 2.05) is 36.4 Å². The van der Waals surface area contributed by atoms with Crippen molar-refractivity contribution in [2.24, 2.45) is 5.92 Å². The molecule has 0 radical (unpaired) electrons. The standard InChI is InChI=1S/C33H43N5O8/c39-28-27-16-25(46-32(44)37-14-12-21-8-6-7-9-22(21)18-37)19-38(27)29(40)26(35-31(43)34-24-13-15-45-20-24)11-5-3-1-2-4-10-23-17-33(23,36-28)30(41)42/h4,6-10,23-27H,1-3,5,11-20H2,(H,36,39)(H,41,42)(H2,34,35,43)/t23-,24?,25-,26+,27+,33-/m1/s1. The molecule has 4 aliphatic heterocycles. The van der Waals surface area contributed by atoms with Gasteiger partial charge in [-0.3, -0.25) is 9.59 Å². The molecule has 4 N–H and O–H groups in total. The average Bonchev–Trinajstić information content (AvgIpc) is 3.32. The predicted molar refractivity (Wildman–Crippen MR) is 164 cm³/mol. The van der Waals surface area contributed by atoms with Gasteiger partial charge >= 0.3 is 18.1 Å². The van der Waals surface area contributed by atoms with Crippen LogP contribution in [0, 0.1) is 5.92 Å². The van der Waals surface area contributed by atoms with E-state index in [0.717, 1.165) is 24.8 Å². The smallest absolute Gasteiger partial charge is 0.410 e. The van der Waals surface area contributed by atoms with Crippen LogP contribution in [0.15, 0.2) is 36.4 Å². The van der Waals surface area contributed by atoms with Gasteiger partial charge in [-0.2, -0.15) is 0 Å². The fourth-order valence-electron chi connectivity index (χ4n) is 7.05. The lowest BCUT2D eigenvalue weighted by molar-refractivity contribution is -0.145. The maximum absolute atomic E-state index is 14.2. The molecule has 0 bridgehead atoms. The van der Waals surface area contributed by atoms with Crippen molar-refractivity contribution < 1.29 is 38.6 Å². The highest BCUT2D eigenvalue weighted by Crippen LogP contribution is 2.45. The van der Waals surface area contributed by atoms with Crippen molar-refractivity contribution in [1.82, 2.24) is 25.8 Å². The van der Waals surface area contributed by atoms with Gasteiger partial charge in [0, 0.05) is 32.0 Å². The van der Waals surface area contributed by atoms with Gasteiger partial charge in [0.05, 0.1) is 19.2 Å². The largest absolute Gasteiger partial charge is 0.479 e. The highest BCUT2D eigenvalue weighted by molar-refractivity contribution is 5.96. The highest BCUT2D eigenvalue weighted by Gasteiger charge is 2.61. The van der Waals surface area contributed by atoms with E-state index < -0.39 is 53.6 Å². The van der Waals surface area contributed by atoms with E-state index in [2.05, 4.69) is 16.0 Å². The number of carboxylic acids is 1. The van der Waals surface area contributed by atoms with Gasteiger partial charge in [-0.25, -0.2) is 14.4 Å². The molecule has 13 nitrogen and oxygen atoms in total. The fraction of sp³-hybridized carbons (Fsp3) is 0.606. The van der Waals surface area contributed by atoms with Crippen molar-refractivity contribution in [2.45, 2.75) is 94.1 Å². The maximum atomic E-state index is 14.2. The van der Waals surface area contributed by atoms with Crippen LogP contribution in [-0.4, -0.2) is 101 Å². The number of carbonyl (C=O) groups excluding carboxylic acids is 4. The molecule has 1 aliphatic carbocycles. The van der Waals surface area contributed by atoms with E-state index in [1.165, 1.54) is 10.5 Å². The van der Waals surface area contributed by atoms with Crippen LogP contribution in [0.25, 0.3) is 0 Å². The molecule has 5 aliphatic rings. The second-order valence-corrected chi connectivity index (χ2v) is 13.1. The summed E-state index contributed by atoms with van der Waals surface area (Å²) < 4.78 is 11.2. The first-order valence-corrected chi connectivity index (χ1v) is 16.4. The Labute approximate surface area is 268 Å². The van der Waals surface area contributed by atoms with Gasteiger partial charge in [-0.15, -0.1) is 0 Å². The number of hydrogen-bond donors (Lipinski definition) is 4. The minimum Gasteiger partial charge on any atom is -0.479 e. The van der Waals surface area contributed by atoms with Crippen molar-refractivity contribution in [1.29, 1.82) is 0 Å². The normalized spacial score (nSPS) is 31.3. The van der Waals surface area contributed by atoms with Gasteiger partial charge in [-0.1, -0.05) is 49.3 Å². The Morgan fingerprint density at radius 1 is 1.07 bits per heavy atom. The highest BCUT2D eigenvalue weighted by atomic mass is 16.6. The first-order chi connectivity index (χ1) is 22.2. The molecule has 1 saturated carbocycles. The number of fused-ring (bicyclic) bond motifs is 3. The van der Waals surface area contributed by atoms with Crippen LogP contribution in [0.4, 0.5) is 9.59 Å². The van der Waals surface area contributed by atoms with Crippen molar-refractivity contribution in [3.63, 3.8) is 0 Å². The number of amides is 5. The maximum Gasteiger partial charge on any atom is 0.410 e. The van der Waals surface area contributed by atoms with Crippen molar-refractivity contribution in [3.8, 4) is 0 Å². The second kappa shape index (κ2) is 13.7. The number of nitrogens with zero attached hydrogens (tertiary/aromatic N) is 2. The van der Waals surface area contributed by atoms with Crippen LogP contribution in [0.2, 0.25) is 0 Å². The molecule has 13 heteroatoms. The summed E-state index contributed by atoms with van der Waals surface area (Å²) >= 11 is 0. The number of rotatable bonds is 4. The molecule has 6 atom stereocenters. The van der Waals surface area contributed by atoms with Crippen LogP contribution in [-0.2, 0) is 36.8 Å². The fourth-order valence-corrected chi connectivity index (χ4v) is 7.05. The Bertz CT molecular complexity index is 1380. The van der Waals surface area contributed by atoms with Crippen molar-refractivity contribution >= 4 is 29.9 Å². The van der Waals surface area contributed by atoms with Crippen LogP contribution in [0.1, 0.15) is 62.5 Å². The summed E-state index contributed by atoms with van der Waals surface area (Å²) in [6.07, 6.45) is 7.56. The van der Waals surface area contributed by atoms with E-state index in [-0.39, 0.29) is 31.3 Å². The molecule has 5 amide bonds. The summed E-state index contributed by atoms with van der Waals surface area (Å²) in [6.45, 7) is 1.79. The zero-order valence-corrected chi connectivity index (χ0v) is 25.9. The monoisotopic (exact) mass is 637 g/mol. The van der Waals surface area contributed by atoms with E-state index in [4.69, 9.17) is 9.47 Å². The second-order valence-electron chi connectivity index (χ2n) is 13.1. The first-order valence-electron chi connectivity index (χ1n) is 16.4. The summed E-state index contributed by atoms with van der Waals surface area (Å²) in [7, 11) is 0. The molecule has 6 rings (SSSR count). The van der Waals surface area contributed by atoms with Gasteiger partial charge < -0.3 is 40.3 Å². The molecule has 46 heavy (non-hydrogen) atoms. The molecule has 1 aromatic rings. The molecule has 1 unspecified atom stereocenters. The summed E-state index contributed by atoms with van der Waals surface area (Å²) in [4.78, 5) is 69.5. The predicted octanol–water partition coefficient (Wildman–Crippen LogP) is 2.09. The molecular formula is C33H43N5O8. The molecule has 4 heterocycles. The van der Waals surface area contributed by atoms with Gasteiger partial charge in [0.1, 0.15) is 23.7 Å². The zero-order chi connectivity index (χ0) is 32.3. The molecule has 2 saturated heterocycles.